The van der Waals surface area contributed by atoms with E-state index in [1.807, 2.05) is 0 Å². The predicted molar refractivity (Wildman–Crippen MR) is 334 cm³/mol. The average Bonchev–Trinajstić information content (AvgIpc) is 3.55. The lowest BCUT2D eigenvalue weighted by Gasteiger charge is -2.18. The fourth-order valence-corrected chi connectivity index (χ4v) is 20.5. The van der Waals surface area contributed by atoms with Gasteiger partial charge in [0.25, 0.3) is 0 Å². The third kappa shape index (κ3) is 13.1. The van der Waals surface area contributed by atoms with Gasteiger partial charge in [0.2, 0.25) is 0 Å². The summed E-state index contributed by atoms with van der Waals surface area (Å²) in [5.74, 6) is -0.0458. The first-order valence-corrected chi connectivity index (χ1v) is 34.0. The Hall–Kier alpha value is 6.56. The number of carbonyl (C=O) groups is 2. The van der Waals surface area contributed by atoms with Gasteiger partial charge in [-0.1, -0.05) is 0 Å². The summed E-state index contributed by atoms with van der Waals surface area (Å²) in [6.45, 7) is 0. The summed E-state index contributed by atoms with van der Waals surface area (Å²) >= 11 is 84.8. The Balaban J connectivity index is 0.000000210. The van der Waals surface area contributed by atoms with Crippen LogP contribution >= 0.6 is 382 Å². The number of ether oxygens (including phenoxy) is 2. The van der Waals surface area contributed by atoms with Crippen molar-refractivity contribution in [2.75, 3.05) is 0 Å². The number of hydrogen-bond donors (Lipinski definition) is 0. The molecule has 0 bridgehead atoms. The molecule has 0 aliphatic carbocycles. The monoisotopic (exact) mass is 2370 g/mol. The van der Waals surface area contributed by atoms with Crippen LogP contribution in [0.15, 0.2) is 107 Å². The Morgan fingerprint density at radius 3 is 0.661 bits per heavy atom. The summed E-state index contributed by atoms with van der Waals surface area (Å²) < 4.78 is 31.3. The van der Waals surface area contributed by atoms with Crippen LogP contribution < -0.4 is 4.74 Å². The van der Waals surface area contributed by atoms with Crippen molar-refractivity contribution in [2.24, 2.45) is 0 Å². The molecule has 0 unspecified atom stereocenters. The molecule has 1 aliphatic heterocycles. The number of fused-ring (bicyclic) bond motifs is 1. The van der Waals surface area contributed by atoms with Crippen molar-refractivity contribution in [3.05, 3.63) is 130 Å². The highest BCUT2D eigenvalue weighted by molar-refractivity contribution is 9.18. The molecular weight excluding hydrogens is 2390 g/mol. The standard InChI is InChI=1S/C14H4Br10.C12Br10O.C8Br4O3/c15-5-3(6(16)10(20)13(23)9(5)19)1-2-4-7(17)11(21)14(24)12(22)8(4)18;13-1-3(15)7(19)11(8(20)4(1)16)23-12-9(21)5(17)2(14)6(18)10(12)22;9-3-1-2(8(14)15-7(1)13)4(10)6(12)5(3)11/h1-2H2;;. The van der Waals surface area contributed by atoms with Crippen LogP contribution in [0.2, 0.25) is 0 Å². The van der Waals surface area contributed by atoms with Crippen LogP contribution in [0.25, 0.3) is 0 Å². The SMILES string of the molecule is Brc1c(Br)c(Br)c(CCc2c(Br)c(Br)c(Br)c(Br)c2Br)c(Br)c1Br.Brc1c(Br)c(Br)c(Oc2c(Br)c(Br)c(Br)c(Br)c2Br)c(Br)c1Br.O=C1OC(=O)c2c(Br)c(Br)c(Br)c(Br)c21. The maximum atomic E-state index is 11.4. The van der Waals surface area contributed by atoms with Gasteiger partial charge < -0.3 is 9.47 Å². The van der Waals surface area contributed by atoms with Crippen LogP contribution in [0.3, 0.4) is 0 Å². The first-order valence-electron chi connectivity index (χ1n) is 15.0. The molecule has 0 saturated heterocycles. The quantitative estimate of drug-likeness (QED) is 0.0762. The molecule has 0 atom stereocenters. The van der Waals surface area contributed by atoms with E-state index in [4.69, 9.17) is 4.74 Å². The molecule has 332 valence electrons. The molecule has 0 N–H and O–H groups in total. The molecule has 0 aromatic heterocycles. The van der Waals surface area contributed by atoms with Gasteiger partial charge in [0, 0.05) is 71.6 Å². The Bertz CT molecular complexity index is 2440. The molecule has 0 fully saturated rings. The lowest BCUT2D eigenvalue weighted by molar-refractivity contribution is 0.0443. The van der Waals surface area contributed by atoms with E-state index in [0.29, 0.717) is 29.4 Å². The predicted octanol–water partition coefficient (Wildman–Crippen LogP) is 26.2. The molecule has 5 aromatic rings. The summed E-state index contributed by atoms with van der Waals surface area (Å²) in [6.07, 6.45) is 1.70. The number of benzene rings is 5. The van der Waals surface area contributed by atoms with Crippen molar-refractivity contribution in [1.29, 1.82) is 0 Å². The van der Waals surface area contributed by atoms with E-state index in [-0.39, 0.29) is 11.1 Å². The largest absolute Gasteiger partial charge is 0.452 e. The number of hydrogen-bond acceptors (Lipinski definition) is 4. The van der Waals surface area contributed by atoms with E-state index < -0.39 is 11.9 Å². The second kappa shape index (κ2) is 26.4. The van der Waals surface area contributed by atoms with Gasteiger partial charge in [-0.05, 0) is 406 Å². The molecule has 0 amide bonds. The van der Waals surface area contributed by atoms with Crippen molar-refractivity contribution in [3.63, 3.8) is 0 Å². The van der Waals surface area contributed by atoms with Crippen molar-refractivity contribution >= 4 is 394 Å². The van der Waals surface area contributed by atoms with Gasteiger partial charge in [-0.25, -0.2) is 9.59 Å². The Morgan fingerprint density at radius 2 is 0.435 bits per heavy atom. The molecule has 4 nitrogen and oxygen atoms in total. The summed E-state index contributed by atoms with van der Waals surface area (Å²) in [7, 11) is 0. The Kier molecular flexibility index (Phi) is 26.0. The van der Waals surface area contributed by atoms with Crippen LogP contribution in [-0.2, 0) is 17.6 Å². The minimum absolute atomic E-state index is 0.238. The molecule has 6 rings (SSSR count). The van der Waals surface area contributed by atoms with Gasteiger partial charge in [0.1, 0.15) is 0 Å². The molecule has 1 heterocycles. The molecule has 28 heteroatoms. The number of halogens is 24. The minimum atomic E-state index is -0.643. The minimum Gasteiger partial charge on any atom is -0.452 e. The zero-order valence-corrected chi connectivity index (χ0v) is 66.2. The van der Waals surface area contributed by atoms with Gasteiger partial charge in [-0.2, -0.15) is 0 Å². The molecule has 0 saturated carbocycles. The van der Waals surface area contributed by atoms with E-state index in [2.05, 4.69) is 387 Å². The highest BCUT2D eigenvalue weighted by Crippen LogP contribution is 2.55. The Labute approximate surface area is 555 Å². The van der Waals surface area contributed by atoms with E-state index in [1.54, 1.807) is 0 Å². The van der Waals surface area contributed by atoms with Crippen molar-refractivity contribution in [3.8, 4) is 11.5 Å². The highest BCUT2D eigenvalue weighted by Gasteiger charge is 2.37. The summed E-state index contributed by atoms with van der Waals surface area (Å²) in [5, 5.41) is 0. The summed E-state index contributed by atoms with van der Waals surface area (Å²) in [6, 6.07) is 0. The van der Waals surface area contributed by atoms with Crippen LogP contribution in [0.4, 0.5) is 0 Å². The smallest absolute Gasteiger partial charge is 0.348 e. The van der Waals surface area contributed by atoms with E-state index in [9.17, 15) is 9.59 Å². The normalized spacial score (nSPS) is 11.9. The number of rotatable bonds is 5. The molecular formula is C34H4Br24O4. The number of cyclic esters (lactones) is 2. The van der Waals surface area contributed by atoms with Crippen molar-refractivity contribution in [1.82, 2.24) is 0 Å². The third-order valence-electron chi connectivity index (χ3n) is 7.63. The molecule has 0 radical (unpaired) electrons. The van der Waals surface area contributed by atoms with E-state index in [1.165, 1.54) is 11.1 Å². The van der Waals surface area contributed by atoms with Gasteiger partial charge in [0.05, 0.1) is 46.9 Å². The molecule has 0 spiro atoms. The molecule has 5 aromatic carbocycles. The fourth-order valence-electron chi connectivity index (χ4n) is 4.64. The lowest BCUT2D eigenvalue weighted by atomic mass is 10.0. The second-order valence-electron chi connectivity index (χ2n) is 11.2. The van der Waals surface area contributed by atoms with Gasteiger partial charge in [0.15, 0.2) is 11.5 Å². The van der Waals surface area contributed by atoms with Crippen molar-refractivity contribution < 1.29 is 19.1 Å². The maximum absolute atomic E-state index is 11.4. The zero-order chi connectivity index (χ0) is 47.3. The van der Waals surface area contributed by atoms with Gasteiger partial charge >= 0.3 is 11.9 Å². The van der Waals surface area contributed by atoms with Gasteiger partial charge in [-0.3, -0.25) is 0 Å². The highest BCUT2D eigenvalue weighted by atomic mass is 79.9. The van der Waals surface area contributed by atoms with Crippen molar-refractivity contribution in [2.45, 2.75) is 12.8 Å². The zero-order valence-electron chi connectivity index (χ0n) is 28.1. The van der Waals surface area contributed by atoms with Crippen LogP contribution in [0.5, 0.6) is 11.5 Å². The topological polar surface area (TPSA) is 52.6 Å². The van der Waals surface area contributed by atoms with Crippen LogP contribution in [0, 0.1) is 0 Å². The second-order valence-corrected chi connectivity index (χ2v) is 30.2. The third-order valence-corrected chi connectivity index (χ3v) is 37.0. The van der Waals surface area contributed by atoms with E-state index in [0.717, 1.165) is 102 Å². The van der Waals surface area contributed by atoms with Gasteiger partial charge in [-0.15, -0.1) is 0 Å². The molecule has 62 heavy (non-hydrogen) atoms. The van der Waals surface area contributed by atoms with E-state index >= 15 is 0 Å². The van der Waals surface area contributed by atoms with Crippen LogP contribution in [0.1, 0.15) is 31.8 Å². The van der Waals surface area contributed by atoms with Crippen LogP contribution in [-0.4, -0.2) is 11.9 Å². The first kappa shape index (κ1) is 61.1. The fraction of sp³-hybridized carbons (Fsp3) is 0.0588. The number of esters is 2. The Morgan fingerprint density at radius 1 is 0.258 bits per heavy atom. The first-order chi connectivity index (χ1) is 28.6. The number of carbonyl (C=O) groups excluding carboxylic acids is 2. The summed E-state index contributed by atoms with van der Waals surface area (Å²) in [4.78, 5) is 22.8. The molecule has 1 aliphatic rings. The average molecular weight is 2390 g/mol. The maximum Gasteiger partial charge on any atom is 0.348 e. The summed E-state index contributed by atoms with van der Waals surface area (Å²) in [5.41, 5.74) is 2.85. The lowest BCUT2D eigenvalue weighted by Crippen LogP contribution is -1.99.